The molecule has 122 valence electrons. The third-order valence-electron chi connectivity index (χ3n) is 3.95. The minimum atomic E-state index is -0.519. The summed E-state index contributed by atoms with van der Waals surface area (Å²) in [4.78, 5) is 25.2. The van der Waals surface area contributed by atoms with Crippen LogP contribution in [-0.4, -0.2) is 15.6 Å². The number of phenols is 1. The number of benzene rings is 2. The molecule has 6 heteroatoms. The number of fused-ring (bicyclic) bond motifs is 1. The first kappa shape index (κ1) is 15.6. The predicted molar refractivity (Wildman–Crippen MR) is 94.4 cm³/mol. The van der Waals surface area contributed by atoms with E-state index in [-0.39, 0.29) is 11.3 Å². The van der Waals surface area contributed by atoms with E-state index in [1.165, 1.54) is 18.3 Å². The molecule has 0 spiro atoms. The average molecular weight is 323 g/mol. The van der Waals surface area contributed by atoms with Crippen LogP contribution in [0.1, 0.15) is 15.9 Å². The van der Waals surface area contributed by atoms with Gasteiger partial charge in [-0.15, -0.1) is 0 Å². The lowest BCUT2D eigenvalue weighted by Gasteiger charge is -2.12. The number of nitrogen functional groups attached to an aromatic ring is 1. The van der Waals surface area contributed by atoms with Gasteiger partial charge < -0.3 is 20.7 Å². The number of aromatic hydroxyl groups is 1. The van der Waals surface area contributed by atoms with E-state index in [0.717, 1.165) is 0 Å². The van der Waals surface area contributed by atoms with Crippen molar-refractivity contribution >= 4 is 28.2 Å². The zero-order valence-corrected chi connectivity index (χ0v) is 13.3. The number of aromatic nitrogens is 1. The SMILES string of the molecule is Cc1cc(O)ccc1NC(=O)c1cn(C)c2cccc(N)c2c1=O. The van der Waals surface area contributed by atoms with Crippen molar-refractivity contribution in [1.29, 1.82) is 0 Å². The highest BCUT2D eigenvalue weighted by molar-refractivity contribution is 6.07. The minimum Gasteiger partial charge on any atom is -0.508 e. The van der Waals surface area contributed by atoms with Crippen LogP contribution < -0.4 is 16.5 Å². The summed E-state index contributed by atoms with van der Waals surface area (Å²) in [5, 5.41) is 12.5. The number of aryl methyl sites for hydroxylation is 2. The maximum Gasteiger partial charge on any atom is 0.261 e. The number of hydrogen-bond donors (Lipinski definition) is 3. The molecular weight excluding hydrogens is 306 g/mol. The van der Waals surface area contributed by atoms with Crippen LogP contribution in [0.15, 0.2) is 47.4 Å². The molecule has 0 saturated carbocycles. The fourth-order valence-corrected chi connectivity index (χ4v) is 2.69. The van der Waals surface area contributed by atoms with Gasteiger partial charge in [-0.1, -0.05) is 6.07 Å². The van der Waals surface area contributed by atoms with Crippen LogP contribution >= 0.6 is 0 Å². The van der Waals surface area contributed by atoms with Gasteiger partial charge in [-0.3, -0.25) is 9.59 Å². The molecule has 0 unspecified atom stereocenters. The van der Waals surface area contributed by atoms with Crippen LogP contribution in [0.2, 0.25) is 0 Å². The van der Waals surface area contributed by atoms with Gasteiger partial charge in [0, 0.05) is 24.6 Å². The highest BCUT2D eigenvalue weighted by Crippen LogP contribution is 2.21. The van der Waals surface area contributed by atoms with Gasteiger partial charge in [-0.25, -0.2) is 0 Å². The monoisotopic (exact) mass is 323 g/mol. The number of nitrogens with two attached hydrogens (primary N) is 1. The summed E-state index contributed by atoms with van der Waals surface area (Å²) in [5.41, 5.74) is 7.74. The molecule has 1 amide bonds. The molecule has 2 aromatic carbocycles. The smallest absolute Gasteiger partial charge is 0.261 e. The quantitative estimate of drug-likeness (QED) is 0.498. The lowest BCUT2D eigenvalue weighted by atomic mass is 10.1. The molecule has 6 nitrogen and oxygen atoms in total. The number of nitrogens with zero attached hydrogens (tertiary/aromatic N) is 1. The number of nitrogens with one attached hydrogen (secondary N) is 1. The van der Waals surface area contributed by atoms with Crippen molar-refractivity contribution in [2.45, 2.75) is 6.92 Å². The topological polar surface area (TPSA) is 97.3 Å². The number of anilines is 2. The zero-order chi connectivity index (χ0) is 17.4. The van der Waals surface area contributed by atoms with Crippen LogP contribution in [0.4, 0.5) is 11.4 Å². The second-order valence-corrected chi connectivity index (χ2v) is 5.68. The number of hydrogen-bond acceptors (Lipinski definition) is 4. The van der Waals surface area contributed by atoms with E-state index >= 15 is 0 Å². The van der Waals surface area contributed by atoms with Crippen molar-refractivity contribution in [3.63, 3.8) is 0 Å². The Bertz CT molecular complexity index is 1020. The minimum absolute atomic E-state index is 0.00961. The molecule has 0 aliphatic heterocycles. The summed E-state index contributed by atoms with van der Waals surface area (Å²) < 4.78 is 1.70. The third-order valence-corrected chi connectivity index (χ3v) is 3.95. The van der Waals surface area contributed by atoms with Crippen LogP contribution in [0.25, 0.3) is 10.9 Å². The number of phenolic OH excluding ortho intramolecular Hbond substituents is 1. The number of carbonyl (C=O) groups is 1. The first-order valence-electron chi connectivity index (χ1n) is 7.37. The zero-order valence-electron chi connectivity index (χ0n) is 13.3. The number of carbonyl (C=O) groups excluding carboxylic acids is 1. The Morgan fingerprint density at radius 1 is 1.25 bits per heavy atom. The molecule has 4 N–H and O–H groups in total. The molecule has 1 aromatic heterocycles. The van der Waals surface area contributed by atoms with Crippen LogP contribution in [-0.2, 0) is 7.05 Å². The largest absolute Gasteiger partial charge is 0.508 e. The maximum absolute atomic E-state index is 12.7. The van der Waals surface area contributed by atoms with Crippen molar-refractivity contribution < 1.29 is 9.90 Å². The Hall–Kier alpha value is -3.28. The molecule has 1 heterocycles. The van der Waals surface area contributed by atoms with Gasteiger partial charge >= 0.3 is 0 Å². The van der Waals surface area contributed by atoms with Crippen molar-refractivity contribution in [1.82, 2.24) is 4.57 Å². The van der Waals surface area contributed by atoms with Crippen molar-refractivity contribution in [3.8, 4) is 5.75 Å². The van der Waals surface area contributed by atoms with Crippen molar-refractivity contribution in [2.75, 3.05) is 11.1 Å². The van der Waals surface area contributed by atoms with Gasteiger partial charge in [0.1, 0.15) is 11.3 Å². The Morgan fingerprint density at radius 3 is 2.71 bits per heavy atom. The maximum atomic E-state index is 12.7. The van der Waals surface area contributed by atoms with Gasteiger partial charge in [0.25, 0.3) is 5.91 Å². The lowest BCUT2D eigenvalue weighted by Crippen LogP contribution is -2.24. The molecule has 24 heavy (non-hydrogen) atoms. The van der Waals surface area contributed by atoms with Crippen LogP contribution in [0, 0.1) is 6.92 Å². The normalized spacial score (nSPS) is 10.8. The summed E-state index contributed by atoms with van der Waals surface area (Å²) in [6.07, 6.45) is 1.50. The molecule has 0 aliphatic carbocycles. The summed E-state index contributed by atoms with van der Waals surface area (Å²) in [7, 11) is 1.75. The van der Waals surface area contributed by atoms with E-state index < -0.39 is 11.3 Å². The van der Waals surface area contributed by atoms with E-state index in [1.54, 1.807) is 42.8 Å². The van der Waals surface area contributed by atoms with Gasteiger partial charge in [0.05, 0.1) is 10.9 Å². The van der Waals surface area contributed by atoms with E-state index in [1.807, 2.05) is 0 Å². The Kier molecular flexibility index (Phi) is 3.73. The second-order valence-electron chi connectivity index (χ2n) is 5.68. The van der Waals surface area contributed by atoms with Gasteiger partial charge in [0.15, 0.2) is 0 Å². The Balaban J connectivity index is 2.09. The van der Waals surface area contributed by atoms with Crippen LogP contribution in [0.3, 0.4) is 0 Å². The number of amides is 1. The van der Waals surface area contributed by atoms with E-state index in [0.29, 0.717) is 27.8 Å². The molecular formula is C18H17N3O3. The molecule has 0 saturated heterocycles. The summed E-state index contributed by atoms with van der Waals surface area (Å²) in [5.74, 6) is -0.408. The highest BCUT2D eigenvalue weighted by Gasteiger charge is 2.16. The van der Waals surface area contributed by atoms with Gasteiger partial charge in [-0.05, 0) is 42.8 Å². The predicted octanol–water partition coefficient (Wildman–Crippen LogP) is 2.39. The second kappa shape index (κ2) is 5.73. The lowest BCUT2D eigenvalue weighted by molar-refractivity contribution is 0.102. The van der Waals surface area contributed by atoms with E-state index in [4.69, 9.17) is 5.73 Å². The molecule has 0 aliphatic rings. The van der Waals surface area contributed by atoms with Gasteiger partial charge in [0.2, 0.25) is 5.43 Å². The molecule has 0 atom stereocenters. The first-order chi connectivity index (χ1) is 11.4. The summed E-state index contributed by atoms with van der Waals surface area (Å²) >= 11 is 0. The fourth-order valence-electron chi connectivity index (χ4n) is 2.69. The average Bonchev–Trinajstić information content (AvgIpc) is 2.53. The first-order valence-corrected chi connectivity index (χ1v) is 7.37. The van der Waals surface area contributed by atoms with Crippen molar-refractivity contribution in [3.05, 3.63) is 63.9 Å². The Morgan fingerprint density at radius 2 is 2.00 bits per heavy atom. The standard InChI is InChI=1S/C18H17N3O3/c1-10-8-11(22)6-7-14(10)20-18(24)12-9-21(2)15-5-3-4-13(19)16(15)17(12)23/h3-9,22H,19H2,1-2H3,(H,20,24). The number of pyridine rings is 1. The highest BCUT2D eigenvalue weighted by atomic mass is 16.3. The summed E-state index contributed by atoms with van der Waals surface area (Å²) in [6.45, 7) is 1.76. The fraction of sp³-hybridized carbons (Fsp3) is 0.111. The van der Waals surface area contributed by atoms with Crippen LogP contribution in [0.5, 0.6) is 5.75 Å². The van der Waals surface area contributed by atoms with Gasteiger partial charge in [-0.2, -0.15) is 0 Å². The molecule has 0 radical (unpaired) electrons. The van der Waals surface area contributed by atoms with E-state index in [9.17, 15) is 14.7 Å². The van der Waals surface area contributed by atoms with Crippen molar-refractivity contribution in [2.24, 2.45) is 7.05 Å². The molecule has 3 rings (SSSR count). The number of rotatable bonds is 2. The third kappa shape index (κ3) is 2.58. The molecule has 0 bridgehead atoms. The molecule has 0 fully saturated rings. The summed E-state index contributed by atoms with van der Waals surface area (Å²) in [6, 6.07) is 9.76. The van der Waals surface area contributed by atoms with E-state index in [2.05, 4.69) is 5.32 Å². The molecule has 3 aromatic rings. The Labute approximate surface area is 138 Å².